The van der Waals surface area contributed by atoms with Gasteiger partial charge in [-0.2, -0.15) is 0 Å². The molecule has 4 rings (SSSR count). The highest BCUT2D eigenvalue weighted by Crippen LogP contribution is 2.71. The molecule has 2 unspecified atom stereocenters. The van der Waals surface area contributed by atoms with Crippen LogP contribution in [0.5, 0.6) is 0 Å². The lowest BCUT2D eigenvalue weighted by Gasteiger charge is -2.25. The molecule has 7 nitrogen and oxygen atoms in total. The third-order valence-electron chi connectivity index (χ3n) is 5.01. The molecule has 7 heteroatoms. The molecular weight excluding hydrogens is 264 g/mol. The average molecular weight is 280 g/mol. The van der Waals surface area contributed by atoms with E-state index in [-0.39, 0.29) is 6.61 Å². The molecule has 2 heterocycles. The van der Waals surface area contributed by atoms with E-state index in [4.69, 9.17) is 10.5 Å². The molecule has 0 bridgehead atoms. The van der Waals surface area contributed by atoms with E-state index in [1.165, 1.54) is 0 Å². The van der Waals surface area contributed by atoms with Gasteiger partial charge in [-0.25, -0.2) is 0 Å². The zero-order chi connectivity index (χ0) is 14.3. The summed E-state index contributed by atoms with van der Waals surface area (Å²) in [5, 5.41) is 30.3. The number of aliphatic hydroxyl groups excluding tert-OH is 1. The highest BCUT2D eigenvalue weighted by Gasteiger charge is 2.94. The molecular formula is C13H16N2O5. The van der Waals surface area contributed by atoms with Crippen molar-refractivity contribution >= 4 is 5.91 Å². The number of rotatable bonds is 3. The van der Waals surface area contributed by atoms with Crippen LogP contribution in [0.1, 0.15) is 6.42 Å². The summed E-state index contributed by atoms with van der Waals surface area (Å²) in [5.41, 5.74) is 2.92. The molecule has 4 aliphatic rings. The van der Waals surface area contributed by atoms with Crippen LogP contribution in [0.2, 0.25) is 0 Å². The smallest absolute Gasteiger partial charge is 0.246 e. The summed E-state index contributed by atoms with van der Waals surface area (Å²) in [4.78, 5) is 12.9. The van der Waals surface area contributed by atoms with Gasteiger partial charge in [-0.15, -0.1) is 0 Å². The number of amides is 1. The first-order valence-corrected chi connectivity index (χ1v) is 6.62. The van der Waals surface area contributed by atoms with E-state index in [0.717, 1.165) is 0 Å². The first-order valence-electron chi connectivity index (χ1n) is 6.62. The topological polar surface area (TPSA) is 116 Å². The monoisotopic (exact) mass is 280 g/mol. The largest absolute Gasteiger partial charge is 0.396 e. The molecule has 2 aliphatic heterocycles. The fraction of sp³-hybridized carbons (Fsp3) is 0.615. The first-order chi connectivity index (χ1) is 9.46. The van der Waals surface area contributed by atoms with Crippen LogP contribution < -0.4 is 5.73 Å². The van der Waals surface area contributed by atoms with Crippen LogP contribution in [0.4, 0.5) is 0 Å². The van der Waals surface area contributed by atoms with E-state index in [1.54, 1.807) is 23.4 Å². The minimum atomic E-state index is -1.40. The summed E-state index contributed by atoms with van der Waals surface area (Å²) in [6.45, 7) is -0.221. The first kappa shape index (κ1) is 12.3. The Balaban J connectivity index is 1.60. The van der Waals surface area contributed by atoms with E-state index in [1.807, 2.05) is 0 Å². The number of carbonyl (C=O) groups is 1. The minimum absolute atomic E-state index is 0.221. The molecule has 2 aliphatic carbocycles. The van der Waals surface area contributed by atoms with Gasteiger partial charge in [0.25, 0.3) is 0 Å². The Hall–Kier alpha value is -1.41. The Kier molecular flexibility index (Phi) is 2.11. The third kappa shape index (κ3) is 1.14. The second-order valence-corrected chi connectivity index (χ2v) is 5.92. The van der Waals surface area contributed by atoms with Crippen molar-refractivity contribution in [3.05, 3.63) is 24.0 Å². The maximum absolute atomic E-state index is 11.2. The van der Waals surface area contributed by atoms with Gasteiger partial charge in [0, 0.05) is 23.9 Å². The van der Waals surface area contributed by atoms with Crippen molar-refractivity contribution < 1.29 is 24.9 Å². The fourth-order valence-electron chi connectivity index (χ4n) is 3.79. The predicted molar refractivity (Wildman–Crippen MR) is 65.8 cm³/mol. The molecule has 5 N–H and O–H groups in total. The van der Waals surface area contributed by atoms with Gasteiger partial charge in [-0.05, 0) is 6.42 Å². The number of ether oxygens (including phenoxy) is 1. The van der Waals surface area contributed by atoms with Gasteiger partial charge in [0.2, 0.25) is 5.91 Å². The Bertz CT molecular complexity index is 555. The SMILES string of the molecule is NC(=O)C1=CN([C@@H]2C3OC4[C@H](CO)[C@@]4(O)[C@]32O)C=CC1. The van der Waals surface area contributed by atoms with Crippen LogP contribution in [-0.4, -0.2) is 62.2 Å². The number of nitrogens with zero attached hydrogens (tertiary/aromatic N) is 1. The van der Waals surface area contributed by atoms with E-state index < -0.39 is 41.3 Å². The zero-order valence-electron chi connectivity index (χ0n) is 10.6. The highest BCUT2D eigenvalue weighted by molar-refractivity contribution is 5.92. The van der Waals surface area contributed by atoms with Gasteiger partial charge in [0.05, 0.1) is 18.8 Å². The second-order valence-electron chi connectivity index (χ2n) is 5.92. The molecule has 0 aromatic carbocycles. The molecule has 1 saturated heterocycles. The lowest BCUT2D eigenvalue weighted by atomic mass is 10.1. The Morgan fingerprint density at radius 3 is 2.85 bits per heavy atom. The van der Waals surface area contributed by atoms with E-state index in [9.17, 15) is 20.1 Å². The molecule has 20 heavy (non-hydrogen) atoms. The number of aliphatic hydroxyl groups is 3. The standard InChI is InChI=1S/C13H16N2O5/c14-11(17)6-2-1-3-15(4-6)8-10-13(8,19)12(18)7(5-16)9(12)20-10/h1,3-4,7-10,16,18-19H,2,5H2,(H2,14,17)/t7-,8+,9?,10?,12-,13+/m0/s1. The average Bonchev–Trinajstić information content (AvgIpc) is 3.21. The van der Waals surface area contributed by atoms with Crippen LogP contribution in [0, 0.1) is 5.92 Å². The lowest BCUT2D eigenvalue weighted by Crippen LogP contribution is -2.41. The maximum Gasteiger partial charge on any atom is 0.246 e. The molecule has 0 radical (unpaired) electrons. The summed E-state index contributed by atoms with van der Waals surface area (Å²) in [6.07, 6.45) is 4.55. The van der Waals surface area contributed by atoms with Crippen LogP contribution in [0.25, 0.3) is 0 Å². The van der Waals surface area contributed by atoms with Crippen LogP contribution >= 0.6 is 0 Å². The molecule has 1 amide bonds. The predicted octanol–water partition coefficient (Wildman–Crippen LogP) is -2.19. The van der Waals surface area contributed by atoms with E-state index >= 15 is 0 Å². The highest BCUT2D eigenvalue weighted by atomic mass is 16.6. The van der Waals surface area contributed by atoms with Gasteiger partial charge in [0.1, 0.15) is 17.3 Å². The van der Waals surface area contributed by atoms with Gasteiger partial charge < -0.3 is 30.7 Å². The normalized spacial score (nSPS) is 51.4. The zero-order valence-corrected chi connectivity index (χ0v) is 10.6. The lowest BCUT2D eigenvalue weighted by molar-refractivity contribution is -0.114. The Labute approximate surface area is 114 Å². The summed E-state index contributed by atoms with van der Waals surface area (Å²) in [6, 6.07) is -0.453. The Morgan fingerprint density at radius 2 is 2.20 bits per heavy atom. The van der Waals surface area contributed by atoms with Crippen molar-refractivity contribution in [3.8, 4) is 0 Å². The van der Waals surface area contributed by atoms with E-state index in [2.05, 4.69) is 0 Å². The summed E-state index contributed by atoms with van der Waals surface area (Å²) in [5.74, 6) is -0.948. The summed E-state index contributed by atoms with van der Waals surface area (Å²) < 4.78 is 5.60. The van der Waals surface area contributed by atoms with Crippen LogP contribution in [0.3, 0.4) is 0 Å². The van der Waals surface area contributed by atoms with Crippen molar-refractivity contribution in [2.45, 2.75) is 35.9 Å². The quantitative estimate of drug-likeness (QED) is 0.466. The number of hydrogen-bond acceptors (Lipinski definition) is 6. The van der Waals surface area contributed by atoms with Gasteiger partial charge >= 0.3 is 0 Å². The molecule has 0 aromatic heterocycles. The van der Waals surface area contributed by atoms with Crippen molar-refractivity contribution in [2.75, 3.05) is 6.61 Å². The van der Waals surface area contributed by atoms with Gasteiger partial charge in [0.15, 0.2) is 0 Å². The second kappa shape index (κ2) is 3.43. The van der Waals surface area contributed by atoms with Crippen molar-refractivity contribution in [1.82, 2.24) is 4.90 Å². The maximum atomic E-state index is 11.2. The van der Waals surface area contributed by atoms with Gasteiger partial charge in [-0.1, -0.05) is 6.08 Å². The van der Waals surface area contributed by atoms with Gasteiger partial charge in [-0.3, -0.25) is 4.79 Å². The summed E-state index contributed by atoms with van der Waals surface area (Å²) in [7, 11) is 0. The molecule has 0 aromatic rings. The van der Waals surface area contributed by atoms with Crippen molar-refractivity contribution in [2.24, 2.45) is 11.7 Å². The number of fused-ring (bicyclic) bond motifs is 3. The van der Waals surface area contributed by atoms with Crippen molar-refractivity contribution in [1.29, 1.82) is 0 Å². The third-order valence-corrected chi connectivity index (χ3v) is 5.01. The molecule has 0 spiro atoms. The molecule has 6 atom stereocenters. The Morgan fingerprint density at radius 1 is 1.45 bits per heavy atom. The van der Waals surface area contributed by atoms with E-state index in [0.29, 0.717) is 12.0 Å². The molecule has 3 fully saturated rings. The number of hydrogen-bond donors (Lipinski definition) is 4. The summed E-state index contributed by atoms with van der Waals surface area (Å²) >= 11 is 0. The van der Waals surface area contributed by atoms with Crippen molar-refractivity contribution in [3.63, 3.8) is 0 Å². The number of allylic oxidation sites excluding steroid dienone is 1. The van der Waals surface area contributed by atoms with Crippen LogP contribution in [-0.2, 0) is 9.53 Å². The number of carbonyl (C=O) groups excluding carboxylic acids is 1. The number of nitrogens with two attached hydrogens (primary N) is 1. The molecule has 2 saturated carbocycles. The fourth-order valence-corrected chi connectivity index (χ4v) is 3.79. The molecule has 108 valence electrons. The van der Waals surface area contributed by atoms with Crippen LogP contribution in [0.15, 0.2) is 24.0 Å². The number of primary amides is 1. The minimum Gasteiger partial charge on any atom is -0.396 e.